The molecule has 2 aromatic carbocycles. The number of carboxylic acid groups (broad SMARTS) is 1. The summed E-state index contributed by atoms with van der Waals surface area (Å²) in [6.45, 7) is -0.766. The van der Waals surface area contributed by atoms with Crippen LogP contribution >= 0.6 is 0 Å². The molecule has 2 aromatic rings. The molecule has 146 valence electrons. The van der Waals surface area contributed by atoms with Crippen LogP contribution in [0.1, 0.15) is 15.9 Å². The number of amides is 2. The van der Waals surface area contributed by atoms with E-state index in [1.807, 2.05) is 0 Å². The van der Waals surface area contributed by atoms with Gasteiger partial charge in [-0.25, -0.2) is 10.2 Å². The third-order valence-electron chi connectivity index (χ3n) is 3.40. The second-order valence-electron chi connectivity index (χ2n) is 5.43. The Hall–Kier alpha value is -3.88. The van der Waals surface area contributed by atoms with Crippen molar-refractivity contribution in [2.75, 3.05) is 20.3 Å². The van der Waals surface area contributed by atoms with Crippen LogP contribution in [-0.4, -0.2) is 49.4 Å². The van der Waals surface area contributed by atoms with E-state index in [0.29, 0.717) is 22.6 Å². The van der Waals surface area contributed by atoms with E-state index >= 15 is 0 Å². The first kappa shape index (κ1) is 20.4. The number of benzene rings is 2. The van der Waals surface area contributed by atoms with Gasteiger partial charge in [0.15, 0.2) is 6.61 Å². The van der Waals surface area contributed by atoms with Crippen molar-refractivity contribution in [3.05, 3.63) is 59.7 Å². The Morgan fingerprint density at radius 2 is 1.93 bits per heavy atom. The van der Waals surface area contributed by atoms with Gasteiger partial charge in [0.05, 0.1) is 19.9 Å². The van der Waals surface area contributed by atoms with Gasteiger partial charge in [-0.05, 0) is 30.3 Å². The number of nitrogens with zero attached hydrogens (tertiary/aromatic N) is 1. The molecule has 0 radical (unpaired) electrons. The SMILES string of the molecule is COc1cccc(C(=O)NCC(=O)N/N=C\c2ccccc2OCC(=O)O)c1. The van der Waals surface area contributed by atoms with E-state index in [0.717, 1.165) is 0 Å². The molecule has 2 amide bonds. The van der Waals surface area contributed by atoms with Gasteiger partial charge in [-0.1, -0.05) is 18.2 Å². The Kier molecular flexibility index (Phi) is 7.53. The molecule has 0 aliphatic heterocycles. The highest BCUT2D eigenvalue weighted by Gasteiger charge is 2.09. The standard InChI is InChI=1S/C19H19N3O6/c1-27-15-7-4-6-13(9-15)19(26)20-11-17(23)22-21-10-14-5-2-3-8-16(14)28-12-18(24)25/h2-10H,11-12H2,1H3,(H,20,26)(H,22,23)(H,24,25)/b21-10-. The maximum absolute atomic E-state index is 12.0. The highest BCUT2D eigenvalue weighted by Crippen LogP contribution is 2.15. The smallest absolute Gasteiger partial charge is 0.341 e. The molecule has 0 atom stereocenters. The van der Waals surface area contributed by atoms with Crippen molar-refractivity contribution in [1.82, 2.24) is 10.7 Å². The number of carbonyl (C=O) groups is 3. The summed E-state index contributed by atoms with van der Waals surface area (Å²) in [5.74, 6) is -1.21. The van der Waals surface area contributed by atoms with Crippen LogP contribution in [0, 0.1) is 0 Å². The van der Waals surface area contributed by atoms with Crippen molar-refractivity contribution >= 4 is 24.0 Å². The van der Waals surface area contributed by atoms with Crippen molar-refractivity contribution in [3.63, 3.8) is 0 Å². The van der Waals surface area contributed by atoms with Crippen molar-refractivity contribution in [2.24, 2.45) is 5.10 Å². The molecule has 28 heavy (non-hydrogen) atoms. The normalized spacial score (nSPS) is 10.3. The molecule has 9 heteroatoms. The van der Waals surface area contributed by atoms with Crippen LogP contribution in [-0.2, 0) is 9.59 Å². The van der Waals surface area contributed by atoms with E-state index in [-0.39, 0.29) is 6.54 Å². The minimum atomic E-state index is -1.10. The first-order valence-corrected chi connectivity index (χ1v) is 8.17. The minimum absolute atomic E-state index is 0.273. The Balaban J connectivity index is 1.85. The van der Waals surface area contributed by atoms with Crippen molar-refractivity contribution < 1.29 is 29.0 Å². The Morgan fingerprint density at radius 1 is 1.14 bits per heavy atom. The van der Waals surface area contributed by atoms with Gasteiger partial charge in [0, 0.05) is 11.1 Å². The van der Waals surface area contributed by atoms with E-state index < -0.39 is 24.4 Å². The lowest BCUT2D eigenvalue weighted by molar-refractivity contribution is -0.139. The van der Waals surface area contributed by atoms with Gasteiger partial charge in [-0.2, -0.15) is 5.10 Å². The molecule has 0 spiro atoms. The second kappa shape index (κ2) is 10.3. The summed E-state index contributed by atoms with van der Waals surface area (Å²) in [7, 11) is 1.49. The van der Waals surface area contributed by atoms with E-state index in [1.54, 1.807) is 48.5 Å². The van der Waals surface area contributed by atoms with Gasteiger partial charge in [0.2, 0.25) is 0 Å². The third-order valence-corrected chi connectivity index (χ3v) is 3.40. The molecule has 0 aliphatic rings. The van der Waals surface area contributed by atoms with E-state index in [4.69, 9.17) is 14.6 Å². The highest BCUT2D eigenvalue weighted by molar-refractivity contribution is 5.96. The zero-order valence-corrected chi connectivity index (χ0v) is 15.0. The summed E-state index contributed by atoms with van der Waals surface area (Å²) in [6.07, 6.45) is 1.32. The molecule has 3 N–H and O–H groups in total. The average molecular weight is 385 g/mol. The van der Waals surface area contributed by atoms with Gasteiger partial charge in [0.1, 0.15) is 11.5 Å². The number of hydrogen-bond donors (Lipinski definition) is 3. The van der Waals surface area contributed by atoms with Crippen LogP contribution < -0.4 is 20.2 Å². The van der Waals surface area contributed by atoms with E-state index in [2.05, 4.69) is 15.8 Å². The van der Waals surface area contributed by atoms with Crippen LogP contribution in [0.25, 0.3) is 0 Å². The Labute approximate surface area is 161 Å². The molecule has 0 aromatic heterocycles. The summed E-state index contributed by atoms with van der Waals surface area (Å²) in [5, 5.41) is 14.9. The van der Waals surface area contributed by atoms with Crippen LogP contribution in [0.15, 0.2) is 53.6 Å². The molecule has 2 rings (SSSR count). The Bertz CT molecular complexity index is 881. The van der Waals surface area contributed by atoms with E-state index in [1.165, 1.54) is 13.3 Å². The zero-order valence-electron chi connectivity index (χ0n) is 15.0. The number of aliphatic carboxylic acids is 1. The molecule has 0 heterocycles. The number of carbonyl (C=O) groups excluding carboxylic acids is 2. The number of rotatable bonds is 9. The number of ether oxygens (including phenoxy) is 2. The summed E-state index contributed by atoms with van der Waals surface area (Å²) in [5.41, 5.74) is 3.12. The predicted octanol–water partition coefficient (Wildman–Crippen LogP) is 1.04. The topological polar surface area (TPSA) is 126 Å². The number of carboxylic acids is 1. The third kappa shape index (κ3) is 6.45. The molecule has 0 aliphatic carbocycles. The molecule has 0 saturated carbocycles. The minimum Gasteiger partial charge on any atom is -0.497 e. The number of nitrogens with one attached hydrogen (secondary N) is 2. The predicted molar refractivity (Wildman–Crippen MR) is 101 cm³/mol. The lowest BCUT2D eigenvalue weighted by Crippen LogP contribution is -2.34. The molecular formula is C19H19N3O6. The van der Waals surface area contributed by atoms with Crippen LogP contribution in [0.2, 0.25) is 0 Å². The lowest BCUT2D eigenvalue weighted by Gasteiger charge is -2.07. The van der Waals surface area contributed by atoms with Gasteiger partial charge < -0.3 is 19.9 Å². The lowest BCUT2D eigenvalue weighted by atomic mass is 10.2. The fourth-order valence-corrected chi connectivity index (χ4v) is 2.10. The summed E-state index contributed by atoms with van der Waals surface area (Å²) in [6, 6.07) is 13.2. The molecule has 9 nitrogen and oxygen atoms in total. The monoisotopic (exact) mass is 385 g/mol. The zero-order chi connectivity index (χ0) is 20.4. The largest absolute Gasteiger partial charge is 0.497 e. The van der Waals surface area contributed by atoms with Gasteiger partial charge in [-0.3, -0.25) is 9.59 Å². The summed E-state index contributed by atoms with van der Waals surface area (Å²) in [4.78, 5) is 34.4. The number of methoxy groups -OCH3 is 1. The maximum Gasteiger partial charge on any atom is 0.341 e. The molecular weight excluding hydrogens is 366 g/mol. The molecule has 0 bridgehead atoms. The maximum atomic E-state index is 12.0. The molecule has 0 saturated heterocycles. The average Bonchev–Trinajstić information content (AvgIpc) is 2.71. The highest BCUT2D eigenvalue weighted by atomic mass is 16.5. The molecule has 0 fully saturated rings. The number of hydrazone groups is 1. The van der Waals surface area contributed by atoms with Crippen molar-refractivity contribution in [1.29, 1.82) is 0 Å². The number of hydrogen-bond acceptors (Lipinski definition) is 6. The van der Waals surface area contributed by atoms with Crippen LogP contribution in [0.3, 0.4) is 0 Å². The van der Waals surface area contributed by atoms with Crippen molar-refractivity contribution in [2.45, 2.75) is 0 Å². The molecule has 0 unspecified atom stereocenters. The van der Waals surface area contributed by atoms with Gasteiger partial charge >= 0.3 is 5.97 Å². The van der Waals surface area contributed by atoms with E-state index in [9.17, 15) is 14.4 Å². The van der Waals surface area contributed by atoms with Crippen molar-refractivity contribution in [3.8, 4) is 11.5 Å². The first-order chi connectivity index (χ1) is 13.5. The summed E-state index contributed by atoms with van der Waals surface area (Å²) >= 11 is 0. The first-order valence-electron chi connectivity index (χ1n) is 8.17. The Morgan fingerprint density at radius 3 is 2.68 bits per heavy atom. The van der Waals surface area contributed by atoms with Gasteiger partial charge in [-0.15, -0.1) is 0 Å². The van der Waals surface area contributed by atoms with Gasteiger partial charge in [0.25, 0.3) is 11.8 Å². The number of para-hydroxylation sites is 1. The van der Waals surface area contributed by atoms with Crippen LogP contribution in [0.4, 0.5) is 0 Å². The van der Waals surface area contributed by atoms with Crippen LogP contribution in [0.5, 0.6) is 11.5 Å². The summed E-state index contributed by atoms with van der Waals surface area (Å²) < 4.78 is 10.2. The quantitative estimate of drug-likeness (QED) is 0.437. The fraction of sp³-hybridized carbons (Fsp3) is 0.158. The second-order valence-corrected chi connectivity index (χ2v) is 5.43. The fourth-order valence-electron chi connectivity index (χ4n) is 2.10.